The number of nitrogens with two attached hydrogens (primary N) is 1. The van der Waals surface area contributed by atoms with E-state index in [9.17, 15) is 0 Å². The highest BCUT2D eigenvalue weighted by atomic mass is 15.0. The van der Waals surface area contributed by atoms with Crippen molar-refractivity contribution in [2.75, 3.05) is 5.73 Å². The second-order valence-corrected chi connectivity index (χ2v) is 5.18. The van der Waals surface area contributed by atoms with Crippen LogP contribution in [0.1, 0.15) is 31.2 Å². The Bertz CT molecular complexity index is 778. The molecule has 3 rings (SSSR count). The van der Waals surface area contributed by atoms with Crippen molar-refractivity contribution in [1.82, 2.24) is 15.0 Å². The molecule has 0 radical (unpaired) electrons. The molecule has 1 aromatic carbocycles. The fraction of sp³-hybridized carbons (Fsp3) is 0.267. The van der Waals surface area contributed by atoms with Gasteiger partial charge < -0.3 is 5.73 Å². The largest absolute Gasteiger partial charge is 0.383 e. The first-order chi connectivity index (χ1) is 9.04. The highest BCUT2D eigenvalue weighted by molar-refractivity contribution is 5.95. The molecule has 3 aromatic rings. The van der Waals surface area contributed by atoms with Gasteiger partial charge in [-0.1, -0.05) is 25.5 Å². The summed E-state index contributed by atoms with van der Waals surface area (Å²) >= 11 is 0. The number of aromatic nitrogens is 3. The maximum Gasteiger partial charge on any atom is 0.165 e. The van der Waals surface area contributed by atoms with Crippen LogP contribution in [0.3, 0.4) is 0 Å². The number of nitrogen functional groups attached to an aromatic ring is 1. The van der Waals surface area contributed by atoms with Crippen molar-refractivity contribution in [3.63, 3.8) is 0 Å². The number of benzene rings is 1. The van der Waals surface area contributed by atoms with E-state index in [1.807, 2.05) is 26.0 Å². The smallest absolute Gasteiger partial charge is 0.165 e. The molecule has 0 aliphatic rings. The minimum Gasteiger partial charge on any atom is -0.383 e. The van der Waals surface area contributed by atoms with Crippen LogP contribution in [0.15, 0.2) is 24.3 Å². The summed E-state index contributed by atoms with van der Waals surface area (Å²) in [7, 11) is 0. The number of fused-ring (bicyclic) bond motifs is 2. The maximum absolute atomic E-state index is 6.03. The average Bonchev–Trinajstić information content (AvgIpc) is 2.36. The third-order valence-electron chi connectivity index (χ3n) is 3.20. The summed E-state index contributed by atoms with van der Waals surface area (Å²) in [5.41, 5.74) is 8.84. The molecule has 0 saturated heterocycles. The van der Waals surface area contributed by atoms with Crippen LogP contribution in [-0.2, 0) is 0 Å². The van der Waals surface area contributed by atoms with Crippen molar-refractivity contribution < 1.29 is 0 Å². The summed E-state index contributed by atoms with van der Waals surface area (Å²) < 4.78 is 0. The van der Waals surface area contributed by atoms with E-state index in [2.05, 4.69) is 34.0 Å². The van der Waals surface area contributed by atoms with Gasteiger partial charge in [0.15, 0.2) is 5.65 Å². The second-order valence-electron chi connectivity index (χ2n) is 5.18. The molecule has 2 aromatic heterocycles. The van der Waals surface area contributed by atoms with Gasteiger partial charge in [-0.3, -0.25) is 0 Å². The van der Waals surface area contributed by atoms with Crippen molar-refractivity contribution in [3.8, 4) is 0 Å². The van der Waals surface area contributed by atoms with Crippen molar-refractivity contribution >= 4 is 27.8 Å². The minimum absolute atomic E-state index is 0.238. The van der Waals surface area contributed by atoms with E-state index in [-0.39, 0.29) is 5.92 Å². The van der Waals surface area contributed by atoms with Crippen molar-refractivity contribution in [1.29, 1.82) is 0 Å². The van der Waals surface area contributed by atoms with E-state index in [1.54, 1.807) is 0 Å². The van der Waals surface area contributed by atoms with E-state index in [1.165, 1.54) is 5.56 Å². The van der Waals surface area contributed by atoms with Gasteiger partial charge in [-0.2, -0.15) is 0 Å². The normalized spacial score (nSPS) is 11.6. The number of anilines is 1. The molecule has 0 bridgehead atoms. The molecular formula is C15H16N4. The third-order valence-corrected chi connectivity index (χ3v) is 3.20. The summed E-state index contributed by atoms with van der Waals surface area (Å²) in [6.07, 6.45) is 0. The highest BCUT2D eigenvalue weighted by Crippen LogP contribution is 2.24. The van der Waals surface area contributed by atoms with Crippen molar-refractivity contribution in [3.05, 3.63) is 35.7 Å². The summed E-state index contributed by atoms with van der Waals surface area (Å²) in [5.74, 6) is 1.48. The number of rotatable bonds is 1. The number of hydrogen-bond acceptors (Lipinski definition) is 4. The zero-order valence-electron chi connectivity index (χ0n) is 11.3. The molecule has 0 amide bonds. The Balaban J connectivity index is 2.37. The molecule has 4 heteroatoms. The van der Waals surface area contributed by atoms with Gasteiger partial charge in [0.25, 0.3) is 0 Å². The summed E-state index contributed by atoms with van der Waals surface area (Å²) in [6.45, 7) is 6.15. The zero-order valence-corrected chi connectivity index (χ0v) is 11.3. The van der Waals surface area contributed by atoms with Crippen LogP contribution < -0.4 is 5.73 Å². The molecule has 0 atom stereocenters. The molecule has 96 valence electrons. The van der Waals surface area contributed by atoms with Gasteiger partial charge in [-0.05, 0) is 25.1 Å². The van der Waals surface area contributed by atoms with Gasteiger partial charge in [-0.15, -0.1) is 0 Å². The van der Waals surface area contributed by atoms with Gasteiger partial charge >= 0.3 is 0 Å². The SMILES string of the molecule is Cc1ccc2nc3nc(C(C)C)nc(N)c3cc2c1. The van der Waals surface area contributed by atoms with Gasteiger partial charge in [0.05, 0.1) is 10.9 Å². The molecule has 2 heterocycles. The molecule has 0 unspecified atom stereocenters. The summed E-state index contributed by atoms with van der Waals surface area (Å²) in [5, 5.41) is 1.89. The molecule has 0 spiro atoms. The van der Waals surface area contributed by atoms with Crippen LogP contribution in [-0.4, -0.2) is 15.0 Å². The topological polar surface area (TPSA) is 64.7 Å². The fourth-order valence-corrected chi connectivity index (χ4v) is 2.13. The highest BCUT2D eigenvalue weighted by Gasteiger charge is 2.10. The number of hydrogen-bond donors (Lipinski definition) is 1. The summed E-state index contributed by atoms with van der Waals surface area (Å²) in [4.78, 5) is 13.5. The maximum atomic E-state index is 6.03. The quantitative estimate of drug-likeness (QED) is 0.675. The van der Waals surface area contributed by atoms with Gasteiger partial charge in [0.2, 0.25) is 0 Å². The fourth-order valence-electron chi connectivity index (χ4n) is 2.13. The monoisotopic (exact) mass is 252 g/mol. The Morgan fingerprint density at radius 3 is 2.58 bits per heavy atom. The van der Waals surface area contributed by atoms with E-state index < -0.39 is 0 Å². The Labute approximate surface area is 111 Å². The lowest BCUT2D eigenvalue weighted by Crippen LogP contribution is -2.03. The number of aryl methyl sites for hydroxylation is 1. The summed E-state index contributed by atoms with van der Waals surface area (Å²) in [6, 6.07) is 8.17. The molecule has 0 saturated carbocycles. The lowest BCUT2D eigenvalue weighted by atomic mass is 10.1. The van der Waals surface area contributed by atoms with Crippen LogP contribution in [0.2, 0.25) is 0 Å². The van der Waals surface area contributed by atoms with Crippen molar-refractivity contribution in [2.45, 2.75) is 26.7 Å². The van der Waals surface area contributed by atoms with E-state index in [0.717, 1.165) is 22.1 Å². The molecule has 2 N–H and O–H groups in total. The average molecular weight is 252 g/mol. The predicted molar refractivity (Wildman–Crippen MR) is 78.1 cm³/mol. The molecule has 0 aliphatic heterocycles. The Hall–Kier alpha value is -2.23. The van der Waals surface area contributed by atoms with Crippen LogP contribution in [0.5, 0.6) is 0 Å². The van der Waals surface area contributed by atoms with Crippen LogP contribution in [0.25, 0.3) is 21.9 Å². The number of nitrogens with zero attached hydrogens (tertiary/aromatic N) is 3. The van der Waals surface area contributed by atoms with Gasteiger partial charge in [0, 0.05) is 11.3 Å². The molecular weight excluding hydrogens is 236 g/mol. The molecule has 19 heavy (non-hydrogen) atoms. The Kier molecular flexibility index (Phi) is 2.59. The molecule has 0 aliphatic carbocycles. The van der Waals surface area contributed by atoms with Crippen LogP contribution >= 0.6 is 0 Å². The third kappa shape index (κ3) is 1.99. The van der Waals surface area contributed by atoms with Crippen LogP contribution in [0, 0.1) is 6.92 Å². The Morgan fingerprint density at radius 1 is 1.05 bits per heavy atom. The van der Waals surface area contributed by atoms with Crippen molar-refractivity contribution in [2.24, 2.45) is 0 Å². The zero-order chi connectivity index (χ0) is 13.6. The van der Waals surface area contributed by atoms with Gasteiger partial charge in [-0.25, -0.2) is 15.0 Å². The van der Waals surface area contributed by atoms with Crippen LogP contribution in [0.4, 0.5) is 5.82 Å². The first-order valence-electron chi connectivity index (χ1n) is 6.39. The predicted octanol–water partition coefficient (Wildman–Crippen LogP) is 3.19. The standard InChI is InChI=1S/C15H16N4/c1-8(2)14-18-13(16)11-7-10-6-9(3)4-5-12(10)17-15(11)19-14/h4-8H,1-3H3,(H2,16,17,18,19). The first-order valence-corrected chi connectivity index (χ1v) is 6.39. The van der Waals surface area contributed by atoms with Gasteiger partial charge in [0.1, 0.15) is 11.6 Å². The van der Waals surface area contributed by atoms with E-state index in [0.29, 0.717) is 11.5 Å². The lowest BCUT2D eigenvalue weighted by molar-refractivity contribution is 0.783. The van der Waals surface area contributed by atoms with E-state index >= 15 is 0 Å². The second kappa shape index (κ2) is 4.16. The Morgan fingerprint density at radius 2 is 1.84 bits per heavy atom. The minimum atomic E-state index is 0.238. The molecule has 0 fully saturated rings. The lowest BCUT2D eigenvalue weighted by Gasteiger charge is -2.08. The first kappa shape index (κ1) is 11.8. The van der Waals surface area contributed by atoms with E-state index in [4.69, 9.17) is 5.73 Å². The molecule has 4 nitrogen and oxygen atoms in total. The number of pyridine rings is 1.